The van der Waals surface area contributed by atoms with Crippen LogP contribution in [0, 0.1) is 5.92 Å². The van der Waals surface area contributed by atoms with Gasteiger partial charge in [-0.1, -0.05) is 13.8 Å². The summed E-state index contributed by atoms with van der Waals surface area (Å²) in [6, 6.07) is 0.738. The van der Waals surface area contributed by atoms with Crippen LogP contribution in [0.3, 0.4) is 0 Å². The Labute approximate surface area is 65.6 Å². The lowest BCUT2D eigenvalue weighted by atomic mass is 10.1. The van der Waals surface area contributed by atoms with E-state index in [1.807, 2.05) is 0 Å². The first-order valence-electron chi connectivity index (χ1n) is 4.19. The Morgan fingerprint density at radius 2 is 1.40 bits per heavy atom. The molecule has 62 valence electrons. The quantitative estimate of drug-likeness (QED) is 0.532. The van der Waals surface area contributed by atoms with Crippen LogP contribution in [-0.2, 0) is 0 Å². The van der Waals surface area contributed by atoms with E-state index < -0.39 is 0 Å². The number of rotatable bonds is 3. The highest BCUT2D eigenvalue weighted by molar-refractivity contribution is 4.45. The minimum Gasteiger partial charge on any atom is -0.326 e. The van der Waals surface area contributed by atoms with Crippen molar-refractivity contribution >= 4 is 0 Å². The second-order valence-corrected chi connectivity index (χ2v) is 4.45. The van der Waals surface area contributed by atoms with Crippen LogP contribution in [0.2, 0.25) is 0 Å². The molecule has 1 nitrogen and oxygen atoms in total. The Kier molecular flexibility index (Phi) is 3.37. The molecule has 0 aliphatic carbocycles. The summed E-state index contributed by atoms with van der Waals surface area (Å²) in [7, 11) is 4.59. The molecule has 0 fully saturated rings. The lowest BCUT2D eigenvalue weighted by Crippen LogP contribution is -2.47. The molecule has 0 aromatic heterocycles. The topological polar surface area (TPSA) is 0 Å². The van der Waals surface area contributed by atoms with E-state index in [1.54, 1.807) is 0 Å². The van der Waals surface area contributed by atoms with E-state index in [4.69, 9.17) is 0 Å². The van der Waals surface area contributed by atoms with Gasteiger partial charge in [0.15, 0.2) is 0 Å². The van der Waals surface area contributed by atoms with E-state index in [0.29, 0.717) is 0 Å². The molecule has 0 aromatic carbocycles. The van der Waals surface area contributed by atoms with Gasteiger partial charge in [-0.15, -0.1) is 0 Å². The number of hydrogen-bond acceptors (Lipinski definition) is 0. The Balaban J connectivity index is 3.87. The third kappa shape index (κ3) is 3.21. The van der Waals surface area contributed by atoms with Crippen LogP contribution < -0.4 is 0 Å². The molecule has 0 N–H and O–H groups in total. The van der Waals surface area contributed by atoms with Gasteiger partial charge >= 0.3 is 0 Å². The van der Waals surface area contributed by atoms with Crippen molar-refractivity contribution in [2.45, 2.75) is 33.7 Å². The third-order valence-electron chi connectivity index (χ3n) is 2.23. The zero-order valence-electron chi connectivity index (χ0n) is 8.31. The van der Waals surface area contributed by atoms with E-state index in [1.165, 1.54) is 6.54 Å². The maximum absolute atomic E-state index is 2.30. The second kappa shape index (κ2) is 3.38. The van der Waals surface area contributed by atoms with Crippen molar-refractivity contribution < 1.29 is 4.48 Å². The summed E-state index contributed by atoms with van der Waals surface area (Å²) in [6.45, 7) is 10.4. The lowest BCUT2D eigenvalue weighted by Gasteiger charge is -2.35. The molecule has 1 heteroatoms. The molecule has 0 bridgehead atoms. The Hall–Kier alpha value is -0.0400. The summed E-state index contributed by atoms with van der Waals surface area (Å²) in [5, 5.41) is 0. The first-order chi connectivity index (χ1) is 4.36. The minimum atomic E-state index is 0.738. The molecular weight excluding hydrogens is 122 g/mol. The predicted molar refractivity (Wildman–Crippen MR) is 46.9 cm³/mol. The van der Waals surface area contributed by atoms with E-state index in [9.17, 15) is 0 Å². The highest BCUT2D eigenvalue weighted by Gasteiger charge is 2.20. The Bertz CT molecular complexity index is 92.9. The Morgan fingerprint density at radius 1 is 1.00 bits per heavy atom. The van der Waals surface area contributed by atoms with Crippen molar-refractivity contribution in [1.82, 2.24) is 0 Å². The van der Waals surface area contributed by atoms with Crippen molar-refractivity contribution in [3.05, 3.63) is 0 Å². The maximum atomic E-state index is 2.30. The molecule has 0 spiro atoms. The van der Waals surface area contributed by atoms with Gasteiger partial charge in [-0.25, -0.2) is 0 Å². The smallest absolute Gasteiger partial charge is 0.0829 e. The third-order valence-corrected chi connectivity index (χ3v) is 2.23. The van der Waals surface area contributed by atoms with Gasteiger partial charge in [-0.05, 0) is 13.8 Å². The first-order valence-corrected chi connectivity index (χ1v) is 4.19. The Morgan fingerprint density at radius 3 is 1.50 bits per heavy atom. The molecule has 0 heterocycles. The van der Waals surface area contributed by atoms with E-state index in [2.05, 4.69) is 41.8 Å². The maximum Gasteiger partial charge on any atom is 0.0829 e. The summed E-state index contributed by atoms with van der Waals surface area (Å²) in [5.74, 6) is 0.803. The average molecular weight is 144 g/mol. The molecule has 0 saturated heterocycles. The molecule has 0 radical (unpaired) electrons. The molecule has 10 heavy (non-hydrogen) atoms. The highest BCUT2D eigenvalue weighted by Crippen LogP contribution is 2.09. The van der Waals surface area contributed by atoms with Crippen molar-refractivity contribution in [3.8, 4) is 0 Å². The van der Waals surface area contributed by atoms with E-state index in [0.717, 1.165) is 16.4 Å². The molecule has 0 rings (SSSR count). The molecular formula is C9H22N+. The summed E-state index contributed by atoms with van der Waals surface area (Å²) >= 11 is 0. The number of quaternary nitrogens is 1. The van der Waals surface area contributed by atoms with Gasteiger partial charge in [0, 0.05) is 5.92 Å². The monoisotopic (exact) mass is 144 g/mol. The predicted octanol–water partition coefficient (Wildman–Crippen LogP) is 2.13. The molecule has 0 amide bonds. The van der Waals surface area contributed by atoms with E-state index in [-0.39, 0.29) is 0 Å². The molecule has 0 aliphatic rings. The van der Waals surface area contributed by atoms with Crippen LogP contribution in [-0.4, -0.2) is 31.2 Å². The fourth-order valence-electron chi connectivity index (χ4n) is 1.15. The minimum absolute atomic E-state index is 0.738. The van der Waals surface area contributed by atoms with Crippen molar-refractivity contribution in [2.75, 3.05) is 20.6 Å². The van der Waals surface area contributed by atoms with Crippen LogP contribution in [0.4, 0.5) is 0 Å². The van der Waals surface area contributed by atoms with E-state index >= 15 is 0 Å². The second-order valence-electron chi connectivity index (χ2n) is 4.45. The normalized spacial score (nSPS) is 13.2. The lowest BCUT2D eigenvalue weighted by molar-refractivity contribution is -0.913. The van der Waals surface area contributed by atoms with Crippen LogP contribution in [0.25, 0.3) is 0 Å². The van der Waals surface area contributed by atoms with Gasteiger partial charge < -0.3 is 4.48 Å². The molecule has 0 aromatic rings. The van der Waals surface area contributed by atoms with Crippen LogP contribution in [0.15, 0.2) is 0 Å². The largest absolute Gasteiger partial charge is 0.326 e. The molecule has 0 atom stereocenters. The van der Waals surface area contributed by atoms with Gasteiger partial charge in [-0.3, -0.25) is 0 Å². The fraction of sp³-hybridized carbons (Fsp3) is 1.00. The van der Waals surface area contributed by atoms with Crippen molar-refractivity contribution in [1.29, 1.82) is 0 Å². The van der Waals surface area contributed by atoms with Crippen LogP contribution in [0.1, 0.15) is 27.7 Å². The first kappa shape index (κ1) is 9.96. The standard InChI is InChI=1S/C9H22N/c1-8(2)7-10(5,6)9(3)4/h8-9H,7H2,1-6H3/q+1. The number of hydrogen-bond donors (Lipinski definition) is 0. The van der Waals surface area contributed by atoms with Crippen LogP contribution in [0.5, 0.6) is 0 Å². The molecule has 0 unspecified atom stereocenters. The highest BCUT2D eigenvalue weighted by atomic mass is 15.3. The SMILES string of the molecule is CC(C)C[N+](C)(C)C(C)C. The average Bonchev–Trinajstić information content (AvgIpc) is 1.60. The molecule has 0 saturated carbocycles. The summed E-state index contributed by atoms with van der Waals surface area (Å²) in [6.07, 6.45) is 0. The van der Waals surface area contributed by atoms with Crippen molar-refractivity contribution in [2.24, 2.45) is 5.92 Å². The van der Waals surface area contributed by atoms with Crippen molar-refractivity contribution in [3.63, 3.8) is 0 Å². The van der Waals surface area contributed by atoms with Crippen LogP contribution >= 0.6 is 0 Å². The van der Waals surface area contributed by atoms with Gasteiger partial charge in [-0.2, -0.15) is 0 Å². The van der Waals surface area contributed by atoms with Gasteiger partial charge in [0.2, 0.25) is 0 Å². The summed E-state index contributed by atoms with van der Waals surface area (Å²) in [5.41, 5.74) is 0. The summed E-state index contributed by atoms with van der Waals surface area (Å²) in [4.78, 5) is 0. The zero-order valence-corrected chi connectivity index (χ0v) is 8.31. The van der Waals surface area contributed by atoms with Gasteiger partial charge in [0.25, 0.3) is 0 Å². The fourth-order valence-corrected chi connectivity index (χ4v) is 1.15. The van der Waals surface area contributed by atoms with Gasteiger partial charge in [0.05, 0.1) is 26.7 Å². The number of nitrogens with zero attached hydrogens (tertiary/aromatic N) is 1. The summed E-state index contributed by atoms with van der Waals surface area (Å²) < 4.78 is 1.14. The molecule has 0 aliphatic heterocycles. The zero-order chi connectivity index (χ0) is 8.36. The van der Waals surface area contributed by atoms with Gasteiger partial charge in [0.1, 0.15) is 0 Å².